The number of anilines is 1. The number of hydrogen-bond donors (Lipinski definition) is 0. The van der Waals surface area contributed by atoms with Crippen molar-refractivity contribution < 1.29 is 23.0 Å². The van der Waals surface area contributed by atoms with E-state index in [0.717, 1.165) is 30.5 Å². The largest absolute Gasteiger partial charge is 0.497 e. The highest BCUT2D eigenvalue weighted by molar-refractivity contribution is 6.07. The van der Waals surface area contributed by atoms with Gasteiger partial charge in [0.15, 0.2) is 11.6 Å². The van der Waals surface area contributed by atoms with Gasteiger partial charge in [-0.25, -0.2) is 8.78 Å². The minimum Gasteiger partial charge on any atom is -0.497 e. The smallest absolute Gasteiger partial charge is 0.258 e. The molecule has 0 fully saturated rings. The highest BCUT2D eigenvalue weighted by Crippen LogP contribution is 2.38. The van der Waals surface area contributed by atoms with E-state index in [4.69, 9.17) is 9.47 Å². The minimum atomic E-state index is -1.04. The molecule has 0 saturated heterocycles. The summed E-state index contributed by atoms with van der Waals surface area (Å²) in [6, 6.07) is 6.69. The van der Waals surface area contributed by atoms with Gasteiger partial charge in [0, 0.05) is 29.8 Å². The Bertz CT molecular complexity index is 792. The standard InChI is InChI=1S/C18H17F2NO3/c1-23-12-9-16-13(17(10-12)24-2)4-3-7-21(16)18(22)11-5-6-14(19)15(20)8-11/h5-6,8-10H,3-4,7H2,1-2H3. The summed E-state index contributed by atoms with van der Waals surface area (Å²) in [7, 11) is 3.09. The number of benzene rings is 2. The van der Waals surface area contributed by atoms with Crippen molar-refractivity contribution in [3.05, 3.63) is 53.1 Å². The summed E-state index contributed by atoms with van der Waals surface area (Å²) in [6.45, 7) is 0.487. The molecular formula is C18H17F2NO3. The molecule has 0 N–H and O–H groups in total. The van der Waals surface area contributed by atoms with Crippen molar-refractivity contribution in [3.8, 4) is 11.5 Å². The van der Waals surface area contributed by atoms with E-state index in [2.05, 4.69) is 0 Å². The molecule has 0 bridgehead atoms. The maximum absolute atomic E-state index is 13.5. The van der Waals surface area contributed by atoms with E-state index < -0.39 is 11.6 Å². The number of amides is 1. The molecule has 0 aliphatic carbocycles. The molecule has 4 nitrogen and oxygen atoms in total. The Morgan fingerprint density at radius 1 is 1.08 bits per heavy atom. The number of rotatable bonds is 3. The SMILES string of the molecule is COc1cc(OC)c2c(c1)N(C(=O)c1ccc(F)c(F)c1)CCC2. The zero-order valence-electron chi connectivity index (χ0n) is 13.4. The molecule has 0 spiro atoms. The van der Waals surface area contributed by atoms with Crippen LogP contribution in [-0.2, 0) is 6.42 Å². The van der Waals surface area contributed by atoms with Crippen LogP contribution in [0.2, 0.25) is 0 Å². The zero-order chi connectivity index (χ0) is 17.3. The average Bonchev–Trinajstić information content (AvgIpc) is 2.61. The van der Waals surface area contributed by atoms with Crippen molar-refractivity contribution in [2.75, 3.05) is 25.7 Å². The van der Waals surface area contributed by atoms with E-state index in [1.807, 2.05) is 0 Å². The van der Waals surface area contributed by atoms with Gasteiger partial charge in [0.2, 0.25) is 0 Å². The van der Waals surface area contributed by atoms with E-state index in [9.17, 15) is 13.6 Å². The molecule has 0 radical (unpaired) electrons. The molecule has 2 aromatic carbocycles. The fourth-order valence-corrected chi connectivity index (χ4v) is 2.93. The van der Waals surface area contributed by atoms with Crippen LogP contribution in [-0.4, -0.2) is 26.7 Å². The summed E-state index contributed by atoms with van der Waals surface area (Å²) in [6.07, 6.45) is 1.52. The van der Waals surface area contributed by atoms with Gasteiger partial charge in [0.05, 0.1) is 19.9 Å². The first kappa shape index (κ1) is 16.2. The Kier molecular flexibility index (Phi) is 4.38. The van der Waals surface area contributed by atoms with Crippen LogP contribution < -0.4 is 14.4 Å². The van der Waals surface area contributed by atoms with E-state index >= 15 is 0 Å². The predicted molar refractivity (Wildman–Crippen MR) is 85.9 cm³/mol. The summed E-state index contributed by atoms with van der Waals surface area (Å²) in [5.74, 6) is -1.19. The molecule has 1 amide bonds. The van der Waals surface area contributed by atoms with Crippen molar-refractivity contribution in [2.45, 2.75) is 12.8 Å². The van der Waals surface area contributed by atoms with Gasteiger partial charge < -0.3 is 14.4 Å². The first-order valence-corrected chi connectivity index (χ1v) is 7.57. The maximum Gasteiger partial charge on any atom is 0.258 e. The number of nitrogens with zero attached hydrogens (tertiary/aromatic N) is 1. The van der Waals surface area contributed by atoms with Crippen LogP contribution in [0.4, 0.5) is 14.5 Å². The molecule has 0 aromatic heterocycles. The average molecular weight is 333 g/mol. The lowest BCUT2D eigenvalue weighted by molar-refractivity contribution is 0.0984. The Morgan fingerprint density at radius 3 is 2.54 bits per heavy atom. The van der Waals surface area contributed by atoms with Crippen LogP contribution >= 0.6 is 0 Å². The molecule has 1 heterocycles. The normalized spacial score (nSPS) is 13.4. The molecule has 2 aromatic rings. The van der Waals surface area contributed by atoms with Crippen LogP contribution in [0.15, 0.2) is 30.3 Å². The van der Waals surface area contributed by atoms with Gasteiger partial charge in [-0.2, -0.15) is 0 Å². The third kappa shape index (κ3) is 2.79. The number of halogens is 2. The van der Waals surface area contributed by atoms with Crippen molar-refractivity contribution in [1.29, 1.82) is 0 Å². The van der Waals surface area contributed by atoms with Gasteiger partial charge >= 0.3 is 0 Å². The number of ether oxygens (including phenoxy) is 2. The van der Waals surface area contributed by atoms with E-state index in [1.54, 1.807) is 24.1 Å². The topological polar surface area (TPSA) is 38.8 Å². The summed E-state index contributed by atoms with van der Waals surface area (Å²) in [5, 5.41) is 0. The van der Waals surface area contributed by atoms with Gasteiger partial charge in [-0.05, 0) is 31.0 Å². The molecule has 24 heavy (non-hydrogen) atoms. The van der Waals surface area contributed by atoms with Gasteiger partial charge in [-0.1, -0.05) is 0 Å². The number of methoxy groups -OCH3 is 2. The van der Waals surface area contributed by atoms with Crippen LogP contribution in [0.25, 0.3) is 0 Å². The lowest BCUT2D eigenvalue weighted by atomic mass is 9.99. The Labute approximate surface area is 138 Å². The van der Waals surface area contributed by atoms with Gasteiger partial charge in [0.25, 0.3) is 5.91 Å². The second-order valence-corrected chi connectivity index (χ2v) is 5.52. The second-order valence-electron chi connectivity index (χ2n) is 5.52. The van der Waals surface area contributed by atoms with Crippen molar-refractivity contribution >= 4 is 11.6 Å². The summed E-state index contributed by atoms with van der Waals surface area (Å²) in [4.78, 5) is 14.3. The quantitative estimate of drug-likeness (QED) is 0.862. The summed E-state index contributed by atoms with van der Waals surface area (Å²) < 4.78 is 37.2. The van der Waals surface area contributed by atoms with Crippen molar-refractivity contribution in [2.24, 2.45) is 0 Å². The molecule has 1 aliphatic heterocycles. The third-order valence-electron chi connectivity index (χ3n) is 4.13. The lowest BCUT2D eigenvalue weighted by Crippen LogP contribution is -2.35. The number of carbonyl (C=O) groups excluding carboxylic acids is 1. The van der Waals surface area contributed by atoms with Crippen LogP contribution in [0, 0.1) is 11.6 Å². The minimum absolute atomic E-state index is 0.100. The molecule has 126 valence electrons. The molecular weight excluding hydrogens is 316 g/mol. The fourth-order valence-electron chi connectivity index (χ4n) is 2.93. The number of fused-ring (bicyclic) bond motifs is 1. The molecule has 0 saturated carbocycles. The molecule has 0 atom stereocenters. The Hall–Kier alpha value is -2.63. The highest BCUT2D eigenvalue weighted by Gasteiger charge is 2.27. The molecule has 3 rings (SSSR count). The highest BCUT2D eigenvalue weighted by atomic mass is 19.2. The summed E-state index contributed by atoms with van der Waals surface area (Å²) in [5.41, 5.74) is 1.68. The van der Waals surface area contributed by atoms with Crippen LogP contribution in [0.3, 0.4) is 0 Å². The summed E-state index contributed by atoms with van der Waals surface area (Å²) >= 11 is 0. The van der Waals surface area contributed by atoms with Crippen molar-refractivity contribution in [1.82, 2.24) is 0 Å². The molecule has 0 unspecified atom stereocenters. The maximum atomic E-state index is 13.5. The predicted octanol–water partition coefficient (Wildman–Crippen LogP) is 3.58. The second kappa shape index (κ2) is 6.47. The molecule has 6 heteroatoms. The zero-order valence-corrected chi connectivity index (χ0v) is 13.4. The van der Waals surface area contributed by atoms with Gasteiger partial charge in [0.1, 0.15) is 11.5 Å². The van der Waals surface area contributed by atoms with Gasteiger partial charge in [-0.3, -0.25) is 4.79 Å². The lowest BCUT2D eigenvalue weighted by Gasteiger charge is -2.31. The fraction of sp³-hybridized carbons (Fsp3) is 0.278. The van der Waals surface area contributed by atoms with E-state index in [1.165, 1.54) is 13.2 Å². The number of carbonyl (C=O) groups is 1. The molecule has 1 aliphatic rings. The van der Waals surface area contributed by atoms with E-state index in [0.29, 0.717) is 23.7 Å². The van der Waals surface area contributed by atoms with Gasteiger partial charge in [-0.15, -0.1) is 0 Å². The first-order valence-electron chi connectivity index (χ1n) is 7.57. The Balaban J connectivity index is 2.05. The number of hydrogen-bond acceptors (Lipinski definition) is 3. The monoisotopic (exact) mass is 333 g/mol. The first-order chi connectivity index (χ1) is 11.5. The van der Waals surface area contributed by atoms with Crippen LogP contribution in [0.5, 0.6) is 11.5 Å². The third-order valence-corrected chi connectivity index (χ3v) is 4.13. The van der Waals surface area contributed by atoms with E-state index in [-0.39, 0.29) is 11.5 Å². The van der Waals surface area contributed by atoms with Crippen LogP contribution in [0.1, 0.15) is 22.3 Å². The van der Waals surface area contributed by atoms with Crippen molar-refractivity contribution in [3.63, 3.8) is 0 Å². The Morgan fingerprint density at radius 2 is 1.88 bits per heavy atom.